The predicted octanol–water partition coefficient (Wildman–Crippen LogP) is 12.0. The van der Waals surface area contributed by atoms with Crippen LogP contribution in [0.4, 0.5) is 0 Å². The van der Waals surface area contributed by atoms with Gasteiger partial charge in [0.1, 0.15) is 17.0 Å². The van der Waals surface area contributed by atoms with Crippen LogP contribution in [0.5, 0.6) is 0 Å². The molecule has 2 aliphatic carbocycles. The molecule has 6 aromatic carbocycles. The van der Waals surface area contributed by atoms with Gasteiger partial charge < -0.3 is 4.42 Å². The monoisotopic (exact) mass is 675 g/mol. The van der Waals surface area contributed by atoms with Gasteiger partial charge in [-0.05, 0) is 98.6 Å². The second-order valence-electron chi connectivity index (χ2n) is 14.1. The first-order valence-corrected chi connectivity index (χ1v) is 18.1. The fourth-order valence-corrected chi connectivity index (χ4v) is 9.38. The smallest absolute Gasteiger partial charge is 0.143 e. The molecule has 4 heteroatoms. The van der Waals surface area contributed by atoms with Crippen molar-refractivity contribution in [2.75, 3.05) is 0 Å². The highest BCUT2D eigenvalue weighted by Crippen LogP contribution is 2.60. The number of nitrogens with zero attached hydrogens (tertiary/aromatic N) is 3. The topological polar surface area (TPSA) is 43.9 Å². The Hall–Kier alpha value is -7.04. The summed E-state index contributed by atoms with van der Waals surface area (Å²) in [6.07, 6.45) is 8.29. The lowest BCUT2D eigenvalue weighted by atomic mass is 9.65. The van der Waals surface area contributed by atoms with Crippen LogP contribution in [-0.2, 0) is 5.41 Å². The summed E-state index contributed by atoms with van der Waals surface area (Å²) in [6, 6.07) is 54.8. The molecule has 1 atom stereocenters. The summed E-state index contributed by atoms with van der Waals surface area (Å²) in [5.74, 6) is 0.878. The second kappa shape index (κ2) is 10.5. The van der Waals surface area contributed by atoms with Crippen molar-refractivity contribution in [1.82, 2.24) is 14.5 Å². The van der Waals surface area contributed by atoms with Crippen LogP contribution < -0.4 is 0 Å². The van der Waals surface area contributed by atoms with Gasteiger partial charge in [0, 0.05) is 34.1 Å². The fourth-order valence-electron chi connectivity index (χ4n) is 9.38. The third-order valence-corrected chi connectivity index (χ3v) is 11.5. The van der Waals surface area contributed by atoms with E-state index in [1.807, 2.05) is 36.7 Å². The first-order valence-electron chi connectivity index (χ1n) is 18.1. The third kappa shape index (κ3) is 3.74. The molecule has 1 spiro atoms. The zero-order chi connectivity index (χ0) is 34.7. The number of aromatic nitrogens is 3. The van der Waals surface area contributed by atoms with Crippen molar-refractivity contribution in [3.63, 3.8) is 0 Å². The van der Waals surface area contributed by atoms with Gasteiger partial charge in [0.25, 0.3) is 0 Å². The van der Waals surface area contributed by atoms with Crippen LogP contribution in [0.2, 0.25) is 0 Å². The third-order valence-electron chi connectivity index (χ3n) is 11.5. The van der Waals surface area contributed by atoms with E-state index in [-0.39, 0.29) is 0 Å². The number of hydrogen-bond donors (Lipinski definition) is 0. The SMILES string of the molecule is C1=Cc2ccc(-c3ccc4c(c3)c3ncccc3n4-c3ccccn3)cc2C2(c3ccccc31)c1ccccc1-c1c2ccc2c1oc1ccccc12. The second-order valence-corrected chi connectivity index (χ2v) is 14.1. The molecule has 0 bridgehead atoms. The van der Waals surface area contributed by atoms with Gasteiger partial charge in [-0.2, -0.15) is 0 Å². The summed E-state index contributed by atoms with van der Waals surface area (Å²) in [5, 5.41) is 3.39. The van der Waals surface area contributed by atoms with Gasteiger partial charge >= 0.3 is 0 Å². The lowest BCUT2D eigenvalue weighted by molar-refractivity contribution is 0.669. The van der Waals surface area contributed by atoms with Crippen LogP contribution in [0.25, 0.3) is 84.1 Å². The van der Waals surface area contributed by atoms with E-state index in [4.69, 9.17) is 14.4 Å². The Morgan fingerprint density at radius 3 is 2.19 bits per heavy atom. The minimum atomic E-state index is -0.578. The number of benzene rings is 6. The molecule has 4 heterocycles. The Balaban J connectivity index is 1.15. The van der Waals surface area contributed by atoms with Gasteiger partial charge in [-0.25, -0.2) is 4.98 Å². The minimum Gasteiger partial charge on any atom is -0.455 e. The highest BCUT2D eigenvalue weighted by Gasteiger charge is 2.49. The van der Waals surface area contributed by atoms with E-state index < -0.39 is 5.41 Å². The summed E-state index contributed by atoms with van der Waals surface area (Å²) in [6.45, 7) is 0. The fraction of sp³-hybridized carbons (Fsp3) is 0.0204. The number of para-hydroxylation sites is 1. The summed E-state index contributed by atoms with van der Waals surface area (Å²) >= 11 is 0. The highest BCUT2D eigenvalue weighted by molar-refractivity contribution is 6.13. The van der Waals surface area contributed by atoms with Crippen LogP contribution in [0.3, 0.4) is 0 Å². The van der Waals surface area contributed by atoms with Crippen molar-refractivity contribution in [3.05, 3.63) is 197 Å². The molecule has 0 aliphatic heterocycles. The Morgan fingerprint density at radius 1 is 0.491 bits per heavy atom. The molecule has 0 fully saturated rings. The van der Waals surface area contributed by atoms with E-state index in [1.54, 1.807) is 0 Å². The number of rotatable bonds is 2. The van der Waals surface area contributed by atoms with Crippen molar-refractivity contribution in [1.29, 1.82) is 0 Å². The highest BCUT2D eigenvalue weighted by atomic mass is 16.3. The van der Waals surface area contributed by atoms with E-state index in [0.717, 1.165) is 60.8 Å². The van der Waals surface area contributed by atoms with Crippen LogP contribution in [0.15, 0.2) is 168 Å². The maximum absolute atomic E-state index is 6.77. The van der Waals surface area contributed by atoms with Crippen molar-refractivity contribution < 1.29 is 4.42 Å². The number of hydrogen-bond acceptors (Lipinski definition) is 3. The lowest BCUT2D eigenvalue weighted by Crippen LogP contribution is -2.30. The first-order chi connectivity index (χ1) is 26.3. The van der Waals surface area contributed by atoms with E-state index >= 15 is 0 Å². The van der Waals surface area contributed by atoms with E-state index in [2.05, 4.69) is 144 Å². The molecule has 0 amide bonds. The Bertz CT molecular complexity index is 3180. The van der Waals surface area contributed by atoms with E-state index in [9.17, 15) is 0 Å². The summed E-state index contributed by atoms with van der Waals surface area (Å²) in [5.41, 5.74) is 16.5. The molecule has 10 aromatic rings. The minimum absolute atomic E-state index is 0.578. The first kappa shape index (κ1) is 28.6. The summed E-state index contributed by atoms with van der Waals surface area (Å²) in [7, 11) is 0. The number of pyridine rings is 2. The van der Waals surface area contributed by atoms with Crippen molar-refractivity contribution in [3.8, 4) is 28.1 Å². The molecule has 0 saturated carbocycles. The maximum atomic E-state index is 6.77. The quantitative estimate of drug-likeness (QED) is 0.183. The van der Waals surface area contributed by atoms with Gasteiger partial charge in [0.15, 0.2) is 0 Å². The molecule has 4 aromatic heterocycles. The summed E-state index contributed by atoms with van der Waals surface area (Å²) in [4.78, 5) is 9.59. The van der Waals surface area contributed by atoms with Crippen molar-refractivity contribution >= 4 is 56.0 Å². The standard InChI is InChI=1S/C49H29N3O/c1-4-13-38-30(10-1)18-19-31-20-21-33(32-22-25-42-37(28-32)47-43(15-9-27-51-47)52(42)45-17-7-8-26-50-45)29-41(31)49(38)39-14-5-2-12-36(39)46-40(49)24-23-35-34-11-3-6-16-44(34)53-48(35)46/h1-29H. The van der Waals surface area contributed by atoms with Gasteiger partial charge in [-0.1, -0.05) is 115 Å². The molecule has 2 aliphatic rings. The molecule has 53 heavy (non-hydrogen) atoms. The molecular weight excluding hydrogens is 647 g/mol. The molecule has 4 nitrogen and oxygen atoms in total. The van der Waals surface area contributed by atoms with Gasteiger partial charge in [-0.15, -0.1) is 0 Å². The van der Waals surface area contributed by atoms with Crippen molar-refractivity contribution in [2.45, 2.75) is 5.41 Å². The lowest BCUT2D eigenvalue weighted by Gasteiger charge is -2.35. The molecule has 1 unspecified atom stereocenters. The van der Waals surface area contributed by atoms with Crippen molar-refractivity contribution in [2.24, 2.45) is 0 Å². The van der Waals surface area contributed by atoms with E-state index in [0.29, 0.717) is 0 Å². The van der Waals surface area contributed by atoms with Crippen LogP contribution in [-0.4, -0.2) is 14.5 Å². The molecule has 246 valence electrons. The maximum Gasteiger partial charge on any atom is 0.143 e. The molecular formula is C49H29N3O. The van der Waals surface area contributed by atoms with Crippen LogP contribution in [0, 0.1) is 0 Å². The Kier molecular flexibility index (Phi) is 5.67. The molecule has 0 radical (unpaired) electrons. The molecule has 12 rings (SSSR count). The van der Waals surface area contributed by atoms with Crippen LogP contribution >= 0.6 is 0 Å². The Morgan fingerprint density at radius 2 is 1.26 bits per heavy atom. The number of fused-ring (bicyclic) bond motifs is 16. The van der Waals surface area contributed by atoms with Gasteiger partial charge in [0.05, 0.1) is 22.0 Å². The number of furan rings is 1. The summed E-state index contributed by atoms with van der Waals surface area (Å²) < 4.78 is 8.98. The van der Waals surface area contributed by atoms with Gasteiger partial charge in [0.2, 0.25) is 0 Å². The largest absolute Gasteiger partial charge is 0.455 e. The van der Waals surface area contributed by atoms with E-state index in [1.165, 1.54) is 44.5 Å². The average molecular weight is 676 g/mol. The zero-order valence-electron chi connectivity index (χ0n) is 28.5. The van der Waals surface area contributed by atoms with Gasteiger partial charge in [-0.3, -0.25) is 9.55 Å². The average Bonchev–Trinajstić information content (AvgIpc) is 3.83. The molecule has 0 saturated heterocycles. The molecule has 0 N–H and O–H groups in total. The Labute approximate surface area is 304 Å². The normalized spacial score (nSPS) is 15.5. The van der Waals surface area contributed by atoms with Crippen LogP contribution in [0.1, 0.15) is 33.4 Å². The zero-order valence-corrected chi connectivity index (χ0v) is 28.5. The predicted molar refractivity (Wildman–Crippen MR) is 215 cm³/mol.